The molecule has 2 fully saturated rings. The Morgan fingerprint density at radius 1 is 1.24 bits per heavy atom. The summed E-state index contributed by atoms with van der Waals surface area (Å²) >= 11 is 0. The number of imidazole rings is 1. The molecule has 2 N–H and O–H groups in total. The molecule has 2 heterocycles. The van der Waals surface area contributed by atoms with E-state index in [1.165, 1.54) is 12.6 Å². The summed E-state index contributed by atoms with van der Waals surface area (Å²) in [6.07, 6.45) is 1.65. The molecule has 0 bridgehead atoms. The molecule has 2 amide bonds. The first kappa shape index (κ1) is 19.7. The summed E-state index contributed by atoms with van der Waals surface area (Å²) in [6, 6.07) is 1.70. The van der Waals surface area contributed by atoms with E-state index in [9.17, 15) is 22.8 Å². The number of nitrogens with zero attached hydrogens (tertiary/aromatic N) is 3. The van der Waals surface area contributed by atoms with Gasteiger partial charge in [0.15, 0.2) is 5.65 Å². The molecular weight excluding hydrogens is 387 g/mol. The zero-order valence-corrected chi connectivity index (χ0v) is 15.8. The SMILES string of the molecule is O=C(CCC(F)(F)F)NCc1cnn2cc(CNC(=O)C3CC34CCC4)nc2c1. The molecule has 2 aliphatic rings. The third kappa shape index (κ3) is 4.51. The number of carbonyl (C=O) groups excluding carboxylic acids is 2. The Morgan fingerprint density at radius 2 is 2.03 bits per heavy atom. The molecule has 2 aromatic rings. The summed E-state index contributed by atoms with van der Waals surface area (Å²) in [5, 5.41) is 9.58. The van der Waals surface area contributed by atoms with E-state index in [0.29, 0.717) is 23.4 Å². The van der Waals surface area contributed by atoms with E-state index >= 15 is 0 Å². The molecule has 4 rings (SSSR count). The Kier molecular flexibility index (Phi) is 4.95. The van der Waals surface area contributed by atoms with E-state index < -0.39 is 24.9 Å². The van der Waals surface area contributed by atoms with Crippen LogP contribution in [-0.4, -0.2) is 32.6 Å². The quantitative estimate of drug-likeness (QED) is 0.736. The summed E-state index contributed by atoms with van der Waals surface area (Å²) in [4.78, 5) is 28.2. The molecule has 156 valence electrons. The highest BCUT2D eigenvalue weighted by atomic mass is 19.4. The average molecular weight is 409 g/mol. The van der Waals surface area contributed by atoms with Crippen molar-refractivity contribution < 1.29 is 22.8 Å². The lowest BCUT2D eigenvalue weighted by atomic mass is 9.80. The van der Waals surface area contributed by atoms with Crippen LogP contribution in [0.25, 0.3) is 5.65 Å². The van der Waals surface area contributed by atoms with Gasteiger partial charge in [0.25, 0.3) is 0 Å². The van der Waals surface area contributed by atoms with Gasteiger partial charge >= 0.3 is 6.18 Å². The fraction of sp³-hybridized carbons (Fsp3) is 0.579. The number of aromatic nitrogens is 3. The predicted octanol–water partition coefficient (Wildman–Crippen LogP) is 2.49. The van der Waals surface area contributed by atoms with Crippen LogP contribution in [0.15, 0.2) is 18.5 Å². The van der Waals surface area contributed by atoms with Gasteiger partial charge < -0.3 is 10.6 Å². The first-order valence-electron chi connectivity index (χ1n) is 9.68. The van der Waals surface area contributed by atoms with Gasteiger partial charge in [-0.15, -0.1) is 0 Å². The lowest BCUT2D eigenvalue weighted by Crippen LogP contribution is -2.29. The fourth-order valence-corrected chi connectivity index (χ4v) is 3.89. The highest BCUT2D eigenvalue weighted by molar-refractivity contribution is 5.82. The minimum atomic E-state index is -4.35. The second kappa shape index (κ2) is 7.31. The molecule has 0 aromatic carbocycles. The zero-order valence-electron chi connectivity index (χ0n) is 15.8. The Balaban J connectivity index is 1.28. The number of rotatable bonds is 7. The molecule has 2 aromatic heterocycles. The van der Waals surface area contributed by atoms with Crippen LogP contribution in [0.2, 0.25) is 0 Å². The molecule has 29 heavy (non-hydrogen) atoms. The largest absolute Gasteiger partial charge is 0.389 e. The smallest absolute Gasteiger partial charge is 0.352 e. The number of fused-ring (bicyclic) bond motifs is 1. The van der Waals surface area contributed by atoms with Crippen LogP contribution in [-0.2, 0) is 22.7 Å². The number of alkyl halides is 3. The standard InChI is InChI=1S/C19H22F3N5O2/c20-19(21,22)5-2-16(28)23-8-12-6-15-26-13(11-27(15)25-9-12)10-24-17(29)14-7-18(14)3-1-4-18/h6,9,11,14H,1-5,7-8,10H2,(H,23,28)(H,24,29). The van der Waals surface area contributed by atoms with Crippen LogP contribution in [0.3, 0.4) is 0 Å². The van der Waals surface area contributed by atoms with Crippen LogP contribution >= 0.6 is 0 Å². The van der Waals surface area contributed by atoms with Crippen molar-refractivity contribution in [2.45, 2.75) is 57.8 Å². The Morgan fingerprint density at radius 3 is 2.69 bits per heavy atom. The molecule has 2 saturated carbocycles. The van der Waals surface area contributed by atoms with Crippen LogP contribution < -0.4 is 10.6 Å². The maximum atomic E-state index is 12.2. The second-order valence-electron chi connectivity index (χ2n) is 7.98. The van der Waals surface area contributed by atoms with Crippen molar-refractivity contribution in [3.63, 3.8) is 0 Å². The first-order valence-corrected chi connectivity index (χ1v) is 9.68. The number of halogens is 3. The van der Waals surface area contributed by atoms with Gasteiger partial charge in [-0.05, 0) is 36.3 Å². The van der Waals surface area contributed by atoms with Crippen LogP contribution in [0.5, 0.6) is 0 Å². The lowest BCUT2D eigenvalue weighted by Gasteiger charge is -2.26. The number of carbonyl (C=O) groups is 2. The Hall–Kier alpha value is -2.65. The van der Waals surface area contributed by atoms with Crippen molar-refractivity contribution in [3.8, 4) is 0 Å². The molecule has 10 heteroatoms. The van der Waals surface area contributed by atoms with Gasteiger partial charge in [0.2, 0.25) is 11.8 Å². The lowest BCUT2D eigenvalue weighted by molar-refractivity contribution is -0.144. The number of nitrogens with one attached hydrogen (secondary N) is 2. The van der Waals surface area contributed by atoms with Gasteiger partial charge in [-0.2, -0.15) is 18.3 Å². The Labute approximate surface area is 165 Å². The van der Waals surface area contributed by atoms with Gasteiger partial charge in [0, 0.05) is 18.9 Å². The third-order valence-electron chi connectivity index (χ3n) is 5.85. The van der Waals surface area contributed by atoms with Gasteiger partial charge in [-0.3, -0.25) is 9.59 Å². The van der Waals surface area contributed by atoms with E-state index in [1.54, 1.807) is 16.8 Å². The van der Waals surface area contributed by atoms with Crippen LogP contribution in [0, 0.1) is 11.3 Å². The predicted molar refractivity (Wildman–Crippen MR) is 96.4 cm³/mol. The molecule has 0 aliphatic heterocycles. The average Bonchev–Trinajstić information content (AvgIpc) is 3.29. The topological polar surface area (TPSA) is 88.4 Å². The molecule has 7 nitrogen and oxygen atoms in total. The molecule has 1 unspecified atom stereocenters. The van der Waals surface area contributed by atoms with Crippen molar-refractivity contribution >= 4 is 17.5 Å². The van der Waals surface area contributed by atoms with Crippen molar-refractivity contribution in [1.29, 1.82) is 0 Å². The summed E-state index contributed by atoms with van der Waals surface area (Å²) < 4.78 is 38.0. The van der Waals surface area contributed by atoms with E-state index in [0.717, 1.165) is 19.3 Å². The summed E-state index contributed by atoms with van der Waals surface area (Å²) in [6.45, 7) is 0.390. The molecule has 2 aliphatic carbocycles. The van der Waals surface area contributed by atoms with Gasteiger partial charge in [-0.1, -0.05) is 6.42 Å². The van der Waals surface area contributed by atoms with Crippen LogP contribution in [0.1, 0.15) is 49.8 Å². The molecule has 0 saturated heterocycles. The van der Waals surface area contributed by atoms with Gasteiger partial charge in [-0.25, -0.2) is 9.50 Å². The van der Waals surface area contributed by atoms with E-state index in [2.05, 4.69) is 20.7 Å². The van der Waals surface area contributed by atoms with Crippen molar-refractivity contribution in [2.24, 2.45) is 11.3 Å². The highest BCUT2D eigenvalue weighted by Gasteiger charge is 2.60. The minimum Gasteiger partial charge on any atom is -0.352 e. The van der Waals surface area contributed by atoms with Crippen molar-refractivity contribution in [3.05, 3.63) is 29.7 Å². The Bertz CT molecular complexity index is 936. The normalized spacial score (nSPS) is 19.8. The maximum Gasteiger partial charge on any atom is 0.389 e. The maximum absolute atomic E-state index is 12.2. The van der Waals surface area contributed by atoms with Crippen molar-refractivity contribution in [1.82, 2.24) is 25.2 Å². The van der Waals surface area contributed by atoms with E-state index in [-0.39, 0.29) is 23.8 Å². The van der Waals surface area contributed by atoms with E-state index in [1.807, 2.05) is 0 Å². The van der Waals surface area contributed by atoms with Crippen LogP contribution in [0.4, 0.5) is 13.2 Å². The minimum absolute atomic E-state index is 0.0723. The zero-order chi connectivity index (χ0) is 20.6. The molecule has 1 spiro atoms. The first-order chi connectivity index (χ1) is 13.7. The number of hydrogen-bond donors (Lipinski definition) is 2. The second-order valence-corrected chi connectivity index (χ2v) is 7.98. The molecular formula is C19H22F3N5O2. The highest BCUT2D eigenvalue weighted by Crippen LogP contribution is 2.65. The summed E-state index contributed by atoms with van der Waals surface area (Å²) in [7, 11) is 0. The number of amides is 2. The summed E-state index contributed by atoms with van der Waals surface area (Å²) in [5.41, 5.74) is 2.12. The summed E-state index contributed by atoms with van der Waals surface area (Å²) in [5.74, 6) is -0.450. The van der Waals surface area contributed by atoms with E-state index in [4.69, 9.17) is 0 Å². The van der Waals surface area contributed by atoms with Gasteiger partial charge in [0.1, 0.15) is 0 Å². The number of hydrogen-bond acceptors (Lipinski definition) is 4. The molecule has 1 atom stereocenters. The third-order valence-corrected chi connectivity index (χ3v) is 5.85. The fourth-order valence-electron chi connectivity index (χ4n) is 3.89. The van der Waals surface area contributed by atoms with Gasteiger partial charge in [0.05, 0.1) is 31.1 Å². The van der Waals surface area contributed by atoms with Crippen molar-refractivity contribution in [2.75, 3.05) is 0 Å². The molecule has 0 radical (unpaired) electrons. The monoisotopic (exact) mass is 409 g/mol.